The molecule has 0 spiro atoms. The van der Waals surface area contributed by atoms with E-state index in [0.717, 1.165) is 17.0 Å². The van der Waals surface area contributed by atoms with E-state index in [0.29, 0.717) is 5.17 Å². The number of aliphatic imine (C=N–C) groups is 1. The van der Waals surface area contributed by atoms with Crippen molar-refractivity contribution in [1.82, 2.24) is 0 Å². The molecule has 62 valence electrons. The van der Waals surface area contributed by atoms with Gasteiger partial charge in [-0.3, -0.25) is 0 Å². The SMILES string of the molecule is NC1=NC2=CC=C([O-])C=C(C2)S1.[Na+]. The summed E-state index contributed by atoms with van der Waals surface area (Å²) in [5, 5.41) is 11.6. The molecule has 0 saturated heterocycles. The third kappa shape index (κ3) is 2.64. The molecular formula is C8H7N2NaOS. The van der Waals surface area contributed by atoms with E-state index in [2.05, 4.69) is 4.99 Å². The van der Waals surface area contributed by atoms with Crippen LogP contribution in [-0.4, -0.2) is 5.17 Å². The second kappa shape index (κ2) is 4.37. The number of hydrogen-bond acceptors (Lipinski definition) is 4. The van der Waals surface area contributed by atoms with Gasteiger partial charge in [0.1, 0.15) is 0 Å². The summed E-state index contributed by atoms with van der Waals surface area (Å²) in [6.45, 7) is 0. The summed E-state index contributed by atoms with van der Waals surface area (Å²) in [4.78, 5) is 5.07. The van der Waals surface area contributed by atoms with Crippen LogP contribution in [0.25, 0.3) is 0 Å². The molecule has 0 saturated carbocycles. The van der Waals surface area contributed by atoms with Crippen LogP contribution in [0.4, 0.5) is 0 Å². The second-order valence-corrected chi connectivity index (χ2v) is 3.71. The van der Waals surface area contributed by atoms with Crippen LogP contribution >= 0.6 is 11.8 Å². The minimum Gasteiger partial charge on any atom is -0.872 e. The summed E-state index contributed by atoms with van der Waals surface area (Å²) in [5.41, 5.74) is 6.41. The van der Waals surface area contributed by atoms with Gasteiger partial charge in [-0.05, 0) is 11.0 Å². The number of nitrogens with two attached hydrogens (primary N) is 1. The van der Waals surface area contributed by atoms with Crippen LogP contribution in [0.5, 0.6) is 0 Å². The van der Waals surface area contributed by atoms with Crippen molar-refractivity contribution in [3.05, 3.63) is 34.6 Å². The fourth-order valence-electron chi connectivity index (χ4n) is 1.11. The van der Waals surface area contributed by atoms with Crippen LogP contribution < -0.4 is 40.4 Å². The fraction of sp³-hybridized carbons (Fsp3) is 0.125. The molecule has 0 amide bonds. The summed E-state index contributed by atoms with van der Waals surface area (Å²) in [6.07, 6.45) is 5.58. The average Bonchev–Trinajstić information content (AvgIpc) is 2.10. The zero-order chi connectivity index (χ0) is 8.55. The quantitative estimate of drug-likeness (QED) is 0.441. The van der Waals surface area contributed by atoms with Gasteiger partial charge < -0.3 is 10.8 Å². The largest absolute Gasteiger partial charge is 1.00 e. The zero-order valence-electron chi connectivity index (χ0n) is 7.28. The normalized spacial score (nSPS) is 20.0. The third-order valence-electron chi connectivity index (χ3n) is 1.59. The number of nitrogens with zero attached hydrogens (tertiary/aromatic N) is 1. The molecule has 13 heavy (non-hydrogen) atoms. The van der Waals surface area contributed by atoms with Gasteiger partial charge in [0.25, 0.3) is 0 Å². The van der Waals surface area contributed by atoms with Crippen LogP contribution in [0.3, 0.4) is 0 Å². The van der Waals surface area contributed by atoms with Crippen molar-refractivity contribution >= 4 is 16.9 Å². The summed E-state index contributed by atoms with van der Waals surface area (Å²) < 4.78 is 0. The molecule has 2 rings (SSSR count). The first-order valence-electron chi connectivity index (χ1n) is 3.54. The molecule has 0 atom stereocenters. The van der Waals surface area contributed by atoms with E-state index < -0.39 is 0 Å². The van der Waals surface area contributed by atoms with Gasteiger partial charge >= 0.3 is 29.6 Å². The van der Waals surface area contributed by atoms with Crippen molar-refractivity contribution in [2.24, 2.45) is 10.7 Å². The number of rotatable bonds is 0. The molecule has 0 aromatic rings. The fourth-order valence-corrected chi connectivity index (χ4v) is 1.94. The summed E-state index contributed by atoms with van der Waals surface area (Å²) >= 11 is 1.37. The van der Waals surface area contributed by atoms with Crippen molar-refractivity contribution in [1.29, 1.82) is 0 Å². The number of fused-ring (bicyclic) bond motifs is 2. The Morgan fingerprint density at radius 2 is 2.23 bits per heavy atom. The first-order valence-corrected chi connectivity index (χ1v) is 4.36. The third-order valence-corrected chi connectivity index (χ3v) is 2.41. The summed E-state index contributed by atoms with van der Waals surface area (Å²) in [7, 11) is 0. The molecule has 0 unspecified atom stereocenters. The number of thioether (sulfide) groups is 1. The van der Waals surface area contributed by atoms with Crippen molar-refractivity contribution in [3.8, 4) is 0 Å². The van der Waals surface area contributed by atoms with Crippen LogP contribution in [0.15, 0.2) is 39.6 Å². The monoisotopic (exact) mass is 202 g/mol. The van der Waals surface area contributed by atoms with E-state index in [4.69, 9.17) is 5.73 Å². The minimum absolute atomic E-state index is 0. The maximum Gasteiger partial charge on any atom is 1.00 e. The Labute approximate surface area is 103 Å². The van der Waals surface area contributed by atoms with Crippen molar-refractivity contribution in [2.75, 3.05) is 0 Å². The minimum atomic E-state index is 0. The molecule has 2 aliphatic rings. The van der Waals surface area contributed by atoms with Gasteiger partial charge in [0.2, 0.25) is 0 Å². The van der Waals surface area contributed by atoms with E-state index >= 15 is 0 Å². The molecule has 1 aliphatic heterocycles. The number of hydrogen-bond donors (Lipinski definition) is 1. The topological polar surface area (TPSA) is 61.4 Å². The molecular weight excluding hydrogens is 195 g/mol. The predicted molar refractivity (Wildman–Crippen MR) is 48.1 cm³/mol. The van der Waals surface area contributed by atoms with Gasteiger partial charge in [0.05, 0.1) is 0 Å². The first-order chi connectivity index (χ1) is 5.74. The van der Waals surface area contributed by atoms with Crippen molar-refractivity contribution in [3.63, 3.8) is 0 Å². The van der Waals surface area contributed by atoms with Crippen molar-refractivity contribution < 1.29 is 34.7 Å². The number of allylic oxidation sites excluding steroid dienone is 4. The molecule has 1 heterocycles. The van der Waals surface area contributed by atoms with E-state index in [9.17, 15) is 5.11 Å². The predicted octanol–water partition coefficient (Wildman–Crippen LogP) is -2.53. The molecule has 1 aliphatic carbocycles. The van der Waals surface area contributed by atoms with Crippen LogP contribution in [0.1, 0.15) is 6.42 Å². The Balaban J connectivity index is 0.000000845. The van der Waals surface area contributed by atoms with Gasteiger partial charge in [-0.2, -0.15) is 0 Å². The molecule has 3 nitrogen and oxygen atoms in total. The van der Waals surface area contributed by atoms with Gasteiger partial charge in [-0.25, -0.2) is 4.99 Å². The Morgan fingerprint density at radius 1 is 1.46 bits per heavy atom. The maximum atomic E-state index is 11.1. The summed E-state index contributed by atoms with van der Waals surface area (Å²) in [6, 6.07) is 0. The Hall–Kier alpha value is -0.160. The van der Waals surface area contributed by atoms with E-state index in [1.807, 2.05) is 0 Å². The molecule has 0 aromatic carbocycles. The van der Waals surface area contributed by atoms with E-state index in [-0.39, 0.29) is 35.3 Å². The average molecular weight is 202 g/mol. The van der Waals surface area contributed by atoms with Crippen molar-refractivity contribution in [2.45, 2.75) is 6.42 Å². The van der Waals surface area contributed by atoms with E-state index in [1.54, 1.807) is 12.2 Å². The Kier molecular flexibility index (Phi) is 3.67. The van der Waals surface area contributed by atoms with Crippen LogP contribution in [-0.2, 0) is 0 Å². The first kappa shape index (κ1) is 10.9. The molecule has 0 fully saturated rings. The summed E-state index contributed by atoms with van der Waals surface area (Å²) in [5.74, 6) is 0.0115. The van der Waals surface area contributed by atoms with Gasteiger partial charge in [-0.15, -0.1) is 5.76 Å². The molecule has 0 radical (unpaired) electrons. The second-order valence-electron chi connectivity index (χ2n) is 2.57. The standard InChI is InChI=1S/C8H8N2OS.Na/c9-8-10-5-1-2-6(11)4-7(3-5)12-8;/h1-2,4,11H,3H2,(H2,9,10);/q;+1/p-1. The van der Waals surface area contributed by atoms with Gasteiger partial charge in [0, 0.05) is 12.1 Å². The number of amidine groups is 1. The Bertz CT molecular complexity index is 344. The molecule has 5 heteroatoms. The Morgan fingerprint density at radius 3 is 3.00 bits per heavy atom. The zero-order valence-corrected chi connectivity index (χ0v) is 10.1. The van der Waals surface area contributed by atoms with Crippen LogP contribution in [0, 0.1) is 0 Å². The molecule has 0 aromatic heterocycles. The molecule has 2 bridgehead atoms. The smallest absolute Gasteiger partial charge is 0.872 e. The van der Waals surface area contributed by atoms with E-state index in [1.165, 1.54) is 17.8 Å². The van der Waals surface area contributed by atoms with Gasteiger partial charge in [-0.1, -0.05) is 23.9 Å². The maximum absolute atomic E-state index is 11.1. The van der Waals surface area contributed by atoms with Crippen LogP contribution in [0.2, 0.25) is 0 Å². The van der Waals surface area contributed by atoms with Gasteiger partial charge in [0.15, 0.2) is 5.17 Å². The molecule has 2 N–H and O–H groups in total.